The quantitative estimate of drug-likeness (QED) is 0.421. The number of nitrogens with one attached hydrogen (secondary N) is 2. The fourth-order valence-electron chi connectivity index (χ4n) is 3.37. The Hall–Kier alpha value is -4.35. The number of hydrogen-bond acceptors (Lipinski definition) is 5. The maximum absolute atomic E-state index is 15.0. The van der Waals surface area contributed by atoms with Crippen molar-refractivity contribution in [2.45, 2.75) is 13.5 Å². The number of benzene rings is 1. The van der Waals surface area contributed by atoms with E-state index in [2.05, 4.69) is 25.6 Å². The Morgan fingerprint density at radius 2 is 1.88 bits per heavy atom. The number of hydrogen-bond donors (Lipinski definition) is 3. The summed E-state index contributed by atoms with van der Waals surface area (Å²) in [6.07, 6.45) is 5.69. The molecule has 0 aliphatic rings. The van der Waals surface area contributed by atoms with Crippen molar-refractivity contribution in [1.82, 2.24) is 29.5 Å². The minimum Gasteiger partial charge on any atom is -0.363 e. The molecule has 0 radical (unpaired) electrons. The van der Waals surface area contributed by atoms with Crippen LogP contribution in [0.3, 0.4) is 0 Å². The SMILES string of the molecule is Cc1nn(CC(=O)Nc2cn[nH]c2)cc1-c1ccc(-c2cnc(C(N)=O)n2C)c(F)c1F. The summed E-state index contributed by atoms with van der Waals surface area (Å²) in [6.45, 7) is 1.50. The van der Waals surface area contributed by atoms with Gasteiger partial charge in [0, 0.05) is 36.1 Å². The third kappa shape index (κ3) is 3.73. The molecule has 1 aromatic carbocycles. The number of imidazole rings is 1. The first-order chi connectivity index (χ1) is 15.3. The molecule has 0 aliphatic carbocycles. The highest BCUT2D eigenvalue weighted by Gasteiger charge is 2.22. The molecule has 10 nitrogen and oxygen atoms in total. The molecule has 0 unspecified atom stereocenters. The van der Waals surface area contributed by atoms with Gasteiger partial charge in [-0.3, -0.25) is 19.4 Å². The normalized spacial score (nSPS) is 11.0. The Morgan fingerprint density at radius 1 is 1.16 bits per heavy atom. The molecule has 4 aromatic rings. The van der Waals surface area contributed by atoms with Crippen LogP contribution in [0, 0.1) is 18.6 Å². The Labute approximate surface area is 180 Å². The highest BCUT2D eigenvalue weighted by Crippen LogP contribution is 2.32. The third-order valence-corrected chi connectivity index (χ3v) is 4.89. The second-order valence-corrected chi connectivity index (χ2v) is 7.04. The second-order valence-electron chi connectivity index (χ2n) is 7.04. The summed E-state index contributed by atoms with van der Waals surface area (Å²) in [4.78, 5) is 27.4. The molecular weight excluding hydrogens is 422 g/mol. The molecule has 0 fully saturated rings. The first-order valence-electron chi connectivity index (χ1n) is 9.39. The average molecular weight is 440 g/mol. The number of amides is 2. The lowest BCUT2D eigenvalue weighted by atomic mass is 10.0. The van der Waals surface area contributed by atoms with Crippen LogP contribution < -0.4 is 11.1 Å². The minimum atomic E-state index is -1.11. The first kappa shape index (κ1) is 20.9. The van der Waals surface area contributed by atoms with Gasteiger partial charge < -0.3 is 15.6 Å². The number of carbonyl (C=O) groups excluding carboxylic acids is 2. The number of anilines is 1. The number of H-pyrrole nitrogens is 1. The van der Waals surface area contributed by atoms with Crippen LogP contribution in [0.2, 0.25) is 0 Å². The van der Waals surface area contributed by atoms with E-state index in [1.165, 1.54) is 53.2 Å². The van der Waals surface area contributed by atoms with Crippen molar-refractivity contribution in [3.05, 3.63) is 60.1 Å². The topological polar surface area (TPSA) is 137 Å². The Kier molecular flexibility index (Phi) is 5.26. The molecule has 0 spiro atoms. The van der Waals surface area contributed by atoms with Crippen LogP contribution >= 0.6 is 0 Å². The van der Waals surface area contributed by atoms with Gasteiger partial charge in [0.1, 0.15) is 6.54 Å². The number of nitrogens with two attached hydrogens (primary N) is 1. The summed E-state index contributed by atoms with van der Waals surface area (Å²) < 4.78 is 32.6. The van der Waals surface area contributed by atoms with Gasteiger partial charge in [0.05, 0.1) is 29.5 Å². The fraction of sp³-hybridized carbons (Fsp3) is 0.150. The van der Waals surface area contributed by atoms with Crippen molar-refractivity contribution in [3.63, 3.8) is 0 Å². The predicted octanol–water partition coefficient (Wildman–Crippen LogP) is 2.00. The molecule has 4 N–H and O–H groups in total. The van der Waals surface area contributed by atoms with E-state index in [-0.39, 0.29) is 35.1 Å². The largest absolute Gasteiger partial charge is 0.363 e. The molecule has 3 aromatic heterocycles. The van der Waals surface area contributed by atoms with Crippen molar-refractivity contribution in [2.24, 2.45) is 12.8 Å². The molecule has 2 amide bonds. The summed E-state index contributed by atoms with van der Waals surface area (Å²) in [5.74, 6) is -3.41. The van der Waals surface area contributed by atoms with Crippen molar-refractivity contribution in [1.29, 1.82) is 0 Å². The molecule has 32 heavy (non-hydrogen) atoms. The fourth-order valence-corrected chi connectivity index (χ4v) is 3.37. The summed E-state index contributed by atoms with van der Waals surface area (Å²) >= 11 is 0. The smallest absolute Gasteiger partial charge is 0.284 e. The molecule has 0 atom stereocenters. The maximum atomic E-state index is 15.0. The number of halogens is 2. The van der Waals surface area contributed by atoms with Gasteiger partial charge in [-0.15, -0.1) is 0 Å². The van der Waals surface area contributed by atoms with E-state index in [1.54, 1.807) is 6.92 Å². The third-order valence-electron chi connectivity index (χ3n) is 4.89. The number of rotatable bonds is 6. The van der Waals surface area contributed by atoms with Crippen LogP contribution in [0.25, 0.3) is 22.4 Å². The number of aromatic amines is 1. The zero-order chi connectivity index (χ0) is 23.0. The highest BCUT2D eigenvalue weighted by atomic mass is 19.2. The van der Waals surface area contributed by atoms with Crippen LogP contribution in [-0.2, 0) is 18.4 Å². The molecule has 3 heterocycles. The summed E-state index contributed by atoms with van der Waals surface area (Å²) in [5, 5.41) is 13.2. The van der Waals surface area contributed by atoms with E-state index in [4.69, 9.17) is 5.73 Å². The van der Waals surface area contributed by atoms with Crippen LogP contribution in [0.1, 0.15) is 16.3 Å². The molecule has 4 rings (SSSR count). The summed E-state index contributed by atoms with van der Waals surface area (Å²) in [6, 6.07) is 2.79. The molecule has 164 valence electrons. The summed E-state index contributed by atoms with van der Waals surface area (Å²) in [7, 11) is 1.48. The molecule has 0 bridgehead atoms. The van der Waals surface area contributed by atoms with E-state index < -0.39 is 17.5 Å². The predicted molar refractivity (Wildman–Crippen MR) is 110 cm³/mol. The minimum absolute atomic E-state index is 0.0115. The van der Waals surface area contributed by atoms with Crippen molar-refractivity contribution >= 4 is 17.5 Å². The van der Waals surface area contributed by atoms with Gasteiger partial charge >= 0.3 is 0 Å². The van der Waals surface area contributed by atoms with Crippen LogP contribution in [0.4, 0.5) is 14.5 Å². The number of primary amides is 1. The monoisotopic (exact) mass is 440 g/mol. The van der Waals surface area contributed by atoms with E-state index in [0.717, 1.165) is 0 Å². The molecule has 12 heteroatoms. The highest BCUT2D eigenvalue weighted by molar-refractivity contribution is 5.90. The van der Waals surface area contributed by atoms with Gasteiger partial charge in [0.25, 0.3) is 5.91 Å². The number of nitrogens with zero attached hydrogens (tertiary/aromatic N) is 5. The molecule has 0 saturated carbocycles. The lowest BCUT2D eigenvalue weighted by Gasteiger charge is -2.09. The van der Waals surface area contributed by atoms with Gasteiger partial charge in [-0.1, -0.05) is 6.07 Å². The molecule has 0 aliphatic heterocycles. The van der Waals surface area contributed by atoms with Gasteiger partial charge in [0.2, 0.25) is 5.91 Å². The standard InChI is InChI=1S/C20H18F2N8O2/c1-10-14(8-30(28-10)9-16(31)27-11-5-25-26-6-11)12-3-4-13(18(22)17(12)21)15-7-24-20(19(23)32)29(15)2/h3-8H,9H2,1-2H3,(H2,23,32)(H,25,26)(H,27,31). The lowest BCUT2D eigenvalue weighted by molar-refractivity contribution is -0.116. The Morgan fingerprint density at radius 3 is 2.53 bits per heavy atom. The molecular formula is C20H18F2N8O2. The number of aryl methyl sites for hydroxylation is 1. The zero-order valence-electron chi connectivity index (χ0n) is 17.1. The lowest BCUT2D eigenvalue weighted by Crippen LogP contribution is -2.18. The molecule has 0 saturated heterocycles. The van der Waals surface area contributed by atoms with Gasteiger partial charge in [-0.2, -0.15) is 10.2 Å². The van der Waals surface area contributed by atoms with Gasteiger partial charge in [-0.25, -0.2) is 13.8 Å². The Balaban J connectivity index is 1.63. The van der Waals surface area contributed by atoms with E-state index in [0.29, 0.717) is 16.9 Å². The number of carbonyl (C=O) groups is 2. The summed E-state index contributed by atoms with van der Waals surface area (Å²) in [5.41, 5.74) is 6.61. The van der Waals surface area contributed by atoms with Crippen molar-refractivity contribution < 1.29 is 18.4 Å². The average Bonchev–Trinajstić information content (AvgIpc) is 3.45. The Bertz CT molecular complexity index is 1320. The first-order valence-corrected chi connectivity index (χ1v) is 9.39. The zero-order valence-corrected chi connectivity index (χ0v) is 17.1. The van der Waals surface area contributed by atoms with Crippen LogP contribution in [0.15, 0.2) is 36.9 Å². The van der Waals surface area contributed by atoms with Crippen LogP contribution in [0.5, 0.6) is 0 Å². The van der Waals surface area contributed by atoms with Gasteiger partial charge in [0.15, 0.2) is 17.5 Å². The van der Waals surface area contributed by atoms with E-state index in [1.807, 2.05) is 0 Å². The van der Waals surface area contributed by atoms with Crippen molar-refractivity contribution in [3.8, 4) is 22.4 Å². The van der Waals surface area contributed by atoms with Crippen LogP contribution in [-0.4, -0.2) is 41.3 Å². The van der Waals surface area contributed by atoms with Gasteiger partial charge in [-0.05, 0) is 13.0 Å². The van der Waals surface area contributed by atoms with Crippen molar-refractivity contribution in [2.75, 3.05) is 5.32 Å². The second kappa shape index (κ2) is 8.06. The maximum Gasteiger partial charge on any atom is 0.284 e. The van der Waals surface area contributed by atoms with E-state index in [9.17, 15) is 14.0 Å². The van der Waals surface area contributed by atoms with E-state index >= 15 is 4.39 Å². The number of aromatic nitrogens is 6.